The van der Waals surface area contributed by atoms with Crippen LogP contribution in [0.15, 0.2) is 52.1 Å². The Morgan fingerprint density at radius 1 is 1.19 bits per heavy atom. The second kappa shape index (κ2) is 7.59. The second-order valence-electron chi connectivity index (χ2n) is 7.85. The van der Waals surface area contributed by atoms with Gasteiger partial charge in [0.15, 0.2) is 0 Å². The maximum Gasteiger partial charge on any atom is 0.267 e. The Hall–Kier alpha value is -3.59. The van der Waals surface area contributed by atoms with Crippen molar-refractivity contribution in [3.8, 4) is 11.4 Å². The van der Waals surface area contributed by atoms with Crippen molar-refractivity contribution in [3.63, 3.8) is 0 Å². The van der Waals surface area contributed by atoms with E-state index in [9.17, 15) is 9.18 Å². The summed E-state index contributed by atoms with van der Waals surface area (Å²) in [7, 11) is 0. The number of fused-ring (bicyclic) bond motifs is 1. The van der Waals surface area contributed by atoms with Crippen molar-refractivity contribution in [2.75, 3.05) is 0 Å². The van der Waals surface area contributed by atoms with Gasteiger partial charge in [0.25, 0.3) is 5.91 Å². The number of benzene rings is 2. The molecule has 2 aliphatic rings. The number of amides is 1. The molecular formula is C22H21FN6O2. The third-order valence-electron chi connectivity index (χ3n) is 5.62. The minimum Gasteiger partial charge on any atom is -0.337 e. The van der Waals surface area contributed by atoms with Gasteiger partial charge in [-0.25, -0.2) is 14.8 Å². The number of halogens is 1. The van der Waals surface area contributed by atoms with E-state index in [4.69, 9.17) is 4.52 Å². The number of carbonyl (C=O) groups is 1. The van der Waals surface area contributed by atoms with Crippen LogP contribution in [0.25, 0.3) is 11.4 Å². The third-order valence-corrected chi connectivity index (χ3v) is 5.62. The molecule has 1 N–H and O–H groups in total. The SMILES string of the molecule is Cc1ccc(C)c(C2CC3C(=O)N(Cc4nc(-c5ccc(F)cc5)no4)N=CN3N2)c1. The summed E-state index contributed by atoms with van der Waals surface area (Å²) in [6.45, 7) is 4.20. The Morgan fingerprint density at radius 2 is 2.00 bits per heavy atom. The van der Waals surface area contributed by atoms with Crippen molar-refractivity contribution in [1.82, 2.24) is 25.6 Å². The number of hydrogen-bond acceptors (Lipinski definition) is 7. The second-order valence-corrected chi connectivity index (χ2v) is 7.85. The average Bonchev–Trinajstić information content (AvgIpc) is 3.40. The van der Waals surface area contributed by atoms with E-state index in [0.29, 0.717) is 17.8 Å². The van der Waals surface area contributed by atoms with Crippen LogP contribution in [0.4, 0.5) is 4.39 Å². The number of nitrogens with one attached hydrogen (secondary N) is 1. The summed E-state index contributed by atoms with van der Waals surface area (Å²) in [6.07, 6.45) is 2.25. The molecule has 1 saturated heterocycles. The fraction of sp³-hybridized carbons (Fsp3) is 0.273. The first kappa shape index (κ1) is 19.4. The third kappa shape index (κ3) is 3.68. The van der Waals surface area contributed by atoms with E-state index in [1.54, 1.807) is 23.5 Å². The quantitative estimate of drug-likeness (QED) is 0.698. The van der Waals surface area contributed by atoms with Gasteiger partial charge in [0.2, 0.25) is 11.7 Å². The van der Waals surface area contributed by atoms with Gasteiger partial charge in [-0.1, -0.05) is 28.9 Å². The minimum absolute atomic E-state index is 0.0359. The highest BCUT2D eigenvalue weighted by Gasteiger charge is 2.41. The van der Waals surface area contributed by atoms with Crippen LogP contribution in [0.5, 0.6) is 0 Å². The molecular weight excluding hydrogens is 399 g/mol. The summed E-state index contributed by atoms with van der Waals surface area (Å²) >= 11 is 0. The molecule has 0 spiro atoms. The van der Waals surface area contributed by atoms with Crippen molar-refractivity contribution in [1.29, 1.82) is 0 Å². The Bertz CT molecular complexity index is 1160. The monoisotopic (exact) mass is 420 g/mol. The first-order valence-corrected chi connectivity index (χ1v) is 10.0. The molecule has 0 aliphatic carbocycles. The van der Waals surface area contributed by atoms with Crippen molar-refractivity contribution in [2.24, 2.45) is 5.10 Å². The van der Waals surface area contributed by atoms with E-state index in [0.717, 1.165) is 0 Å². The number of hydrazine groups is 1. The summed E-state index contributed by atoms with van der Waals surface area (Å²) in [5.41, 5.74) is 7.56. The van der Waals surface area contributed by atoms with E-state index in [-0.39, 0.29) is 36.2 Å². The van der Waals surface area contributed by atoms with Gasteiger partial charge in [0.05, 0.1) is 6.04 Å². The van der Waals surface area contributed by atoms with Gasteiger partial charge < -0.3 is 4.52 Å². The zero-order valence-corrected chi connectivity index (χ0v) is 17.1. The van der Waals surface area contributed by atoms with Crippen LogP contribution in [0.2, 0.25) is 0 Å². The molecule has 31 heavy (non-hydrogen) atoms. The Labute approximate surface area is 178 Å². The molecule has 5 rings (SSSR count). The largest absolute Gasteiger partial charge is 0.337 e. The zero-order valence-electron chi connectivity index (χ0n) is 17.1. The number of hydrogen-bond donors (Lipinski definition) is 1. The Kier molecular flexibility index (Phi) is 4.74. The molecule has 3 aromatic rings. The lowest BCUT2D eigenvalue weighted by Gasteiger charge is -2.29. The van der Waals surface area contributed by atoms with E-state index in [1.807, 2.05) is 0 Å². The van der Waals surface area contributed by atoms with Crippen molar-refractivity contribution in [2.45, 2.75) is 38.9 Å². The molecule has 2 unspecified atom stereocenters. The van der Waals surface area contributed by atoms with Crippen LogP contribution in [0.1, 0.15) is 35.0 Å². The molecule has 8 nitrogen and oxygen atoms in total. The highest BCUT2D eigenvalue weighted by atomic mass is 19.1. The maximum absolute atomic E-state index is 13.1. The van der Waals surface area contributed by atoms with Crippen LogP contribution in [-0.4, -0.2) is 38.4 Å². The number of rotatable bonds is 4. The number of aryl methyl sites for hydroxylation is 2. The molecule has 158 valence electrons. The number of nitrogens with zero attached hydrogens (tertiary/aromatic N) is 5. The van der Waals surface area contributed by atoms with Gasteiger partial charge in [-0.2, -0.15) is 10.1 Å². The molecule has 3 heterocycles. The molecule has 1 aromatic heterocycles. The molecule has 2 aliphatic heterocycles. The molecule has 9 heteroatoms. The van der Waals surface area contributed by atoms with Gasteiger partial charge in [0, 0.05) is 5.56 Å². The van der Waals surface area contributed by atoms with E-state index >= 15 is 0 Å². The average molecular weight is 420 g/mol. The van der Waals surface area contributed by atoms with Crippen LogP contribution >= 0.6 is 0 Å². The lowest BCUT2D eigenvalue weighted by molar-refractivity contribution is -0.137. The summed E-state index contributed by atoms with van der Waals surface area (Å²) in [4.78, 5) is 17.4. The molecule has 1 fully saturated rings. The number of hydrazone groups is 1. The van der Waals surface area contributed by atoms with Gasteiger partial charge in [-0.3, -0.25) is 9.80 Å². The first-order valence-electron chi connectivity index (χ1n) is 10.0. The van der Waals surface area contributed by atoms with Crippen LogP contribution in [0, 0.1) is 19.7 Å². The number of aromatic nitrogens is 2. The molecule has 2 atom stereocenters. The summed E-state index contributed by atoms with van der Waals surface area (Å²) in [5, 5.41) is 11.3. The van der Waals surface area contributed by atoms with E-state index in [2.05, 4.69) is 52.7 Å². The van der Waals surface area contributed by atoms with Gasteiger partial charge in [-0.15, -0.1) is 0 Å². The van der Waals surface area contributed by atoms with Crippen molar-refractivity contribution < 1.29 is 13.7 Å². The van der Waals surface area contributed by atoms with Crippen LogP contribution < -0.4 is 5.43 Å². The summed E-state index contributed by atoms with van der Waals surface area (Å²) in [6, 6.07) is 11.8. The van der Waals surface area contributed by atoms with Gasteiger partial charge >= 0.3 is 0 Å². The molecule has 2 aromatic carbocycles. The molecule has 0 bridgehead atoms. The fourth-order valence-corrected chi connectivity index (χ4v) is 3.95. The van der Waals surface area contributed by atoms with Crippen molar-refractivity contribution >= 4 is 12.2 Å². The lowest BCUT2D eigenvalue weighted by Crippen LogP contribution is -2.50. The first-order chi connectivity index (χ1) is 15.0. The smallest absolute Gasteiger partial charge is 0.267 e. The van der Waals surface area contributed by atoms with Crippen molar-refractivity contribution in [3.05, 3.63) is 70.9 Å². The normalized spacial score (nSPS) is 20.4. The highest BCUT2D eigenvalue weighted by molar-refractivity contribution is 5.87. The van der Waals surface area contributed by atoms with E-state index < -0.39 is 0 Å². The van der Waals surface area contributed by atoms with Gasteiger partial charge in [-0.05, 0) is 55.7 Å². The minimum atomic E-state index is -0.359. The zero-order chi connectivity index (χ0) is 21.5. The van der Waals surface area contributed by atoms with E-state index in [1.165, 1.54) is 33.8 Å². The lowest BCUT2D eigenvalue weighted by atomic mass is 9.95. The van der Waals surface area contributed by atoms with Crippen LogP contribution in [0.3, 0.4) is 0 Å². The van der Waals surface area contributed by atoms with Gasteiger partial charge in [0.1, 0.15) is 24.7 Å². The number of carbonyl (C=O) groups excluding carboxylic acids is 1. The summed E-state index contributed by atoms with van der Waals surface area (Å²) in [5.74, 6) is 0.122. The highest BCUT2D eigenvalue weighted by Crippen LogP contribution is 2.32. The molecule has 1 amide bonds. The molecule has 0 radical (unpaired) electrons. The fourth-order valence-electron chi connectivity index (χ4n) is 3.95. The Morgan fingerprint density at radius 3 is 2.81 bits per heavy atom. The topological polar surface area (TPSA) is 86.9 Å². The summed E-state index contributed by atoms with van der Waals surface area (Å²) < 4.78 is 18.4. The molecule has 0 saturated carbocycles. The maximum atomic E-state index is 13.1. The van der Waals surface area contributed by atoms with Crippen LogP contribution in [-0.2, 0) is 11.3 Å². The predicted molar refractivity (Wildman–Crippen MR) is 111 cm³/mol. The predicted octanol–water partition coefficient (Wildman–Crippen LogP) is 3.10. The Balaban J connectivity index is 1.30. The standard InChI is InChI=1S/C22H21FN6O2/c1-13-3-4-14(2)17(9-13)18-10-19-22(30)28(24-12-29(19)26-18)11-20-25-21(27-31-20)15-5-7-16(23)8-6-15/h3-9,12,18-19,26H,10-11H2,1-2H3.